The van der Waals surface area contributed by atoms with Gasteiger partial charge in [0.15, 0.2) is 11.7 Å². The Balaban J connectivity index is 2.44. The Morgan fingerprint density at radius 2 is 2.21 bits per heavy atom. The van der Waals surface area contributed by atoms with Crippen molar-refractivity contribution < 1.29 is 23.1 Å². The third kappa shape index (κ3) is 2.52. The van der Waals surface area contributed by atoms with Gasteiger partial charge in [-0.25, -0.2) is 9.48 Å². The first-order valence-corrected chi connectivity index (χ1v) is 5.86. The van der Waals surface area contributed by atoms with Crippen molar-refractivity contribution in [3.8, 4) is 0 Å². The van der Waals surface area contributed by atoms with Crippen LogP contribution < -0.4 is 5.32 Å². The van der Waals surface area contributed by atoms with E-state index in [4.69, 9.17) is 5.11 Å². The second kappa shape index (κ2) is 4.43. The molecule has 106 valence electrons. The number of carboxylic acids is 1. The fourth-order valence-corrected chi connectivity index (χ4v) is 2.14. The molecule has 2 heterocycles. The third-order valence-electron chi connectivity index (χ3n) is 3.24. The van der Waals surface area contributed by atoms with Gasteiger partial charge in [-0.3, -0.25) is 0 Å². The number of anilines is 1. The van der Waals surface area contributed by atoms with Crippen molar-refractivity contribution in [1.82, 2.24) is 9.78 Å². The summed E-state index contributed by atoms with van der Waals surface area (Å²) in [6.07, 6.45) is -4.61. The van der Waals surface area contributed by atoms with E-state index in [0.29, 0.717) is 0 Å². The van der Waals surface area contributed by atoms with Crippen LogP contribution in [0.1, 0.15) is 36.8 Å². The second-order valence-corrected chi connectivity index (χ2v) is 4.95. The maximum Gasteiger partial charge on any atom is 0.410 e. The molecule has 0 radical (unpaired) electrons. The molecule has 0 aromatic carbocycles. The van der Waals surface area contributed by atoms with Gasteiger partial charge in [0.25, 0.3) is 0 Å². The molecule has 0 aliphatic carbocycles. The molecule has 0 saturated carbocycles. The molecular weight excluding hydrogens is 263 g/mol. The average molecular weight is 277 g/mol. The summed E-state index contributed by atoms with van der Waals surface area (Å²) in [5.41, 5.74) is -0.388. The van der Waals surface area contributed by atoms with Crippen LogP contribution in [0.5, 0.6) is 0 Å². The van der Waals surface area contributed by atoms with Crippen molar-refractivity contribution in [2.75, 3.05) is 5.32 Å². The highest BCUT2D eigenvalue weighted by Gasteiger charge is 2.46. The smallest absolute Gasteiger partial charge is 0.410 e. The summed E-state index contributed by atoms with van der Waals surface area (Å²) in [5, 5.41) is 15.3. The molecule has 0 amide bonds. The number of rotatable bonds is 2. The predicted molar refractivity (Wildman–Crippen MR) is 61.1 cm³/mol. The fourth-order valence-electron chi connectivity index (χ4n) is 2.14. The minimum absolute atomic E-state index is 0.00165. The van der Waals surface area contributed by atoms with E-state index in [1.165, 1.54) is 0 Å². The number of nitrogens with one attached hydrogen (secondary N) is 1. The molecule has 1 aromatic rings. The molecule has 1 aliphatic heterocycles. The number of aromatic nitrogens is 2. The molecule has 1 aliphatic rings. The zero-order chi connectivity index (χ0) is 14.4. The second-order valence-electron chi connectivity index (χ2n) is 4.95. The minimum Gasteiger partial charge on any atom is -0.476 e. The molecule has 0 saturated heterocycles. The van der Waals surface area contributed by atoms with Crippen LogP contribution in [0.4, 0.5) is 19.0 Å². The summed E-state index contributed by atoms with van der Waals surface area (Å²) in [5.74, 6) is -1.24. The van der Waals surface area contributed by atoms with E-state index >= 15 is 0 Å². The number of carbonyl (C=O) groups is 1. The lowest BCUT2D eigenvalue weighted by molar-refractivity contribution is -0.174. The van der Waals surface area contributed by atoms with Gasteiger partial charge in [0.2, 0.25) is 0 Å². The van der Waals surface area contributed by atoms with Crippen LogP contribution in [0.2, 0.25) is 0 Å². The Hall–Kier alpha value is -1.73. The molecule has 2 N–H and O–H groups in total. The van der Waals surface area contributed by atoms with Crippen LogP contribution in [-0.4, -0.2) is 33.1 Å². The van der Waals surface area contributed by atoms with Gasteiger partial charge in [-0.15, -0.1) is 0 Å². The van der Waals surface area contributed by atoms with Gasteiger partial charge in [0.1, 0.15) is 5.82 Å². The Labute approximate surface area is 107 Å². The van der Waals surface area contributed by atoms with Crippen molar-refractivity contribution >= 4 is 11.8 Å². The summed E-state index contributed by atoms with van der Waals surface area (Å²) >= 11 is 0. The number of fused-ring (bicyclic) bond motifs is 1. The van der Waals surface area contributed by atoms with Gasteiger partial charge < -0.3 is 10.4 Å². The van der Waals surface area contributed by atoms with Crippen molar-refractivity contribution in [1.29, 1.82) is 0 Å². The fraction of sp³-hybridized carbons (Fsp3) is 0.636. The molecule has 0 fully saturated rings. The van der Waals surface area contributed by atoms with E-state index in [1.54, 1.807) is 0 Å². The molecule has 5 nitrogen and oxygen atoms in total. The highest BCUT2D eigenvalue weighted by Crippen LogP contribution is 2.40. The summed E-state index contributed by atoms with van der Waals surface area (Å²) in [6, 6.07) is -1.02. The van der Waals surface area contributed by atoms with Crippen molar-refractivity contribution in [2.45, 2.75) is 38.5 Å². The Bertz CT molecular complexity index is 496. The molecule has 0 bridgehead atoms. The first-order valence-electron chi connectivity index (χ1n) is 5.86. The van der Waals surface area contributed by atoms with Crippen molar-refractivity contribution in [2.24, 2.45) is 5.92 Å². The van der Waals surface area contributed by atoms with Gasteiger partial charge in [-0.2, -0.15) is 18.3 Å². The van der Waals surface area contributed by atoms with E-state index < -0.39 is 18.2 Å². The first-order chi connectivity index (χ1) is 8.70. The number of aromatic carboxylic acids is 1. The molecule has 0 spiro atoms. The molecule has 2 unspecified atom stereocenters. The zero-order valence-corrected chi connectivity index (χ0v) is 10.4. The van der Waals surface area contributed by atoms with Gasteiger partial charge in [0.05, 0.1) is 0 Å². The maximum absolute atomic E-state index is 13.0. The number of nitrogens with zero attached hydrogens (tertiary/aromatic N) is 2. The maximum atomic E-state index is 13.0. The van der Waals surface area contributed by atoms with E-state index in [0.717, 1.165) is 10.7 Å². The Morgan fingerprint density at radius 3 is 2.68 bits per heavy atom. The lowest BCUT2D eigenvalue weighted by Crippen LogP contribution is -2.41. The number of alkyl halides is 3. The van der Waals surface area contributed by atoms with Crippen LogP contribution in [0, 0.1) is 5.92 Å². The van der Waals surface area contributed by atoms with E-state index in [1.807, 2.05) is 13.8 Å². The van der Waals surface area contributed by atoms with Crippen LogP contribution >= 0.6 is 0 Å². The Kier molecular flexibility index (Phi) is 3.19. The number of hydrogen-bond acceptors (Lipinski definition) is 3. The molecule has 2 atom stereocenters. The summed E-state index contributed by atoms with van der Waals surface area (Å²) < 4.78 is 39.8. The quantitative estimate of drug-likeness (QED) is 0.871. The molecular formula is C11H14F3N3O2. The molecule has 2 rings (SSSR count). The summed E-state index contributed by atoms with van der Waals surface area (Å²) in [6.45, 7) is 3.63. The van der Waals surface area contributed by atoms with Crippen molar-refractivity contribution in [3.63, 3.8) is 0 Å². The van der Waals surface area contributed by atoms with Crippen LogP contribution in [0.25, 0.3) is 0 Å². The SMILES string of the molecule is CC(C)C1CC(C(F)(F)F)n2nc(C(=O)O)cc2N1. The summed E-state index contributed by atoms with van der Waals surface area (Å²) in [7, 11) is 0. The van der Waals surface area contributed by atoms with Crippen LogP contribution in [0.15, 0.2) is 6.07 Å². The monoisotopic (exact) mass is 277 g/mol. The van der Waals surface area contributed by atoms with Gasteiger partial charge >= 0.3 is 12.1 Å². The number of hydrogen-bond donors (Lipinski definition) is 2. The van der Waals surface area contributed by atoms with Gasteiger partial charge in [0, 0.05) is 12.1 Å². The number of carboxylic acid groups (broad SMARTS) is 1. The predicted octanol–water partition coefficient (Wildman–Crippen LogP) is 2.52. The third-order valence-corrected chi connectivity index (χ3v) is 3.24. The normalized spacial score (nSPS) is 23.1. The topological polar surface area (TPSA) is 67.2 Å². The van der Waals surface area contributed by atoms with E-state index in [-0.39, 0.29) is 29.9 Å². The van der Waals surface area contributed by atoms with Crippen LogP contribution in [-0.2, 0) is 0 Å². The van der Waals surface area contributed by atoms with Gasteiger partial charge in [-0.05, 0) is 12.3 Å². The highest BCUT2D eigenvalue weighted by molar-refractivity contribution is 5.86. The van der Waals surface area contributed by atoms with Crippen LogP contribution in [0.3, 0.4) is 0 Å². The average Bonchev–Trinajstić information content (AvgIpc) is 2.69. The van der Waals surface area contributed by atoms with E-state index in [2.05, 4.69) is 10.4 Å². The molecule has 8 heteroatoms. The number of halogens is 3. The lowest BCUT2D eigenvalue weighted by Gasteiger charge is -2.35. The lowest BCUT2D eigenvalue weighted by atomic mass is 9.94. The minimum atomic E-state index is -4.45. The summed E-state index contributed by atoms with van der Waals surface area (Å²) in [4.78, 5) is 10.8. The standard InChI is InChI=1S/C11H14F3N3O2/c1-5(2)6-3-8(11(12,13)14)17-9(15-6)4-7(16-17)10(18)19/h4-6,8,15H,3H2,1-2H3,(H,18,19). The van der Waals surface area contributed by atoms with Crippen molar-refractivity contribution in [3.05, 3.63) is 11.8 Å². The highest BCUT2D eigenvalue weighted by atomic mass is 19.4. The largest absolute Gasteiger partial charge is 0.476 e. The molecule has 19 heavy (non-hydrogen) atoms. The molecule has 1 aromatic heterocycles. The first kappa shape index (κ1) is 13.7. The van der Waals surface area contributed by atoms with E-state index in [9.17, 15) is 18.0 Å². The van der Waals surface area contributed by atoms with Gasteiger partial charge in [-0.1, -0.05) is 13.8 Å². The Morgan fingerprint density at radius 1 is 1.58 bits per heavy atom. The zero-order valence-electron chi connectivity index (χ0n) is 10.4.